The molecule has 51 heavy (non-hydrogen) atoms. The van der Waals surface area contributed by atoms with Crippen LogP contribution in [0.3, 0.4) is 0 Å². The molecule has 5 saturated heterocycles. The van der Waals surface area contributed by atoms with Crippen LogP contribution >= 0.6 is 0 Å². The van der Waals surface area contributed by atoms with Gasteiger partial charge in [-0.15, -0.1) is 0 Å². The second kappa shape index (κ2) is 14.2. The van der Waals surface area contributed by atoms with Crippen molar-refractivity contribution in [1.29, 1.82) is 0 Å². The third-order valence-electron chi connectivity index (χ3n) is 12.1. The minimum atomic E-state index is -2.70. The molecule has 11 atom stereocenters. The van der Waals surface area contributed by atoms with Crippen molar-refractivity contribution in [2.24, 2.45) is 0 Å². The molecule has 5 aliphatic heterocycles. The Labute approximate surface area is 305 Å². The number of hydrogen-bond donors (Lipinski definition) is 1. The zero-order valence-electron chi connectivity index (χ0n) is 31.8. The molecule has 5 fully saturated rings. The summed E-state index contributed by atoms with van der Waals surface area (Å²) in [6, 6.07) is 20.4. The van der Waals surface area contributed by atoms with Gasteiger partial charge in [-0.25, -0.2) is 0 Å². The van der Waals surface area contributed by atoms with Crippen LogP contribution in [0.5, 0.6) is 0 Å². The van der Waals surface area contributed by atoms with Crippen LogP contribution in [0.2, 0.25) is 10.1 Å². The Morgan fingerprint density at radius 2 is 1.43 bits per heavy atom. The minimum Gasteiger partial charge on any atom is -0.391 e. The van der Waals surface area contributed by atoms with Gasteiger partial charge in [0, 0.05) is 35.9 Å². The van der Waals surface area contributed by atoms with E-state index in [9.17, 15) is 5.11 Å². The number of hydrogen-bond acceptors (Lipinski definition) is 9. The smallest absolute Gasteiger partial charge is 0.349 e. The Bertz CT molecular complexity index is 1450. The van der Waals surface area contributed by atoms with Gasteiger partial charge in [-0.1, -0.05) is 102 Å². The molecule has 2 aromatic rings. The minimum absolute atomic E-state index is 0.139. The van der Waals surface area contributed by atoms with E-state index in [-0.39, 0.29) is 52.8 Å². The van der Waals surface area contributed by atoms with E-state index in [1.54, 1.807) is 0 Å². The van der Waals surface area contributed by atoms with Crippen LogP contribution in [0.15, 0.2) is 60.7 Å². The van der Waals surface area contributed by atoms with Crippen LogP contribution < -0.4 is 0 Å². The molecule has 5 aliphatic rings. The fourth-order valence-corrected chi connectivity index (χ4v) is 14.5. The first-order chi connectivity index (χ1) is 24.1. The van der Waals surface area contributed by atoms with Gasteiger partial charge in [0.25, 0.3) is 0 Å². The van der Waals surface area contributed by atoms with Gasteiger partial charge >= 0.3 is 8.56 Å². The predicted octanol–water partition coefficient (Wildman–Crippen LogP) is 7.02. The summed E-state index contributed by atoms with van der Waals surface area (Å²) in [5.41, 5.74) is 0.661. The van der Waals surface area contributed by atoms with Crippen LogP contribution in [0.25, 0.3) is 0 Å². The summed E-state index contributed by atoms with van der Waals surface area (Å²) < 4.78 is 54.1. The Morgan fingerprint density at radius 1 is 0.784 bits per heavy atom. The lowest BCUT2D eigenvalue weighted by Gasteiger charge is -2.63. The van der Waals surface area contributed by atoms with Crippen LogP contribution in [-0.2, 0) is 50.5 Å². The van der Waals surface area contributed by atoms with Crippen LogP contribution in [0, 0.1) is 0 Å². The SMILES string of the molecule is CC(C)(C)[Si]1(C(C)(C)C)OC[C@H]2O[C@@]3(C)[C@H](O)[C@H]4O[C@H]5C[C@@H](OCc6ccccc6)[C@H](CCOCc6ccccc6)O[C@]5(C)C[C@@H]4O[C@@H]3C[C@@H]2O1. The fourth-order valence-electron chi connectivity index (χ4n) is 9.53. The second-order valence-electron chi connectivity index (χ2n) is 17.9. The van der Waals surface area contributed by atoms with Gasteiger partial charge in [0.1, 0.15) is 23.9 Å². The quantitative estimate of drug-likeness (QED) is 0.228. The topological polar surface area (TPSA) is 94.1 Å². The van der Waals surface area contributed by atoms with Gasteiger partial charge in [-0.2, -0.15) is 0 Å². The number of aliphatic hydroxyl groups excluding tert-OH is 1. The molecule has 0 radical (unpaired) electrons. The largest absolute Gasteiger partial charge is 0.391 e. The predicted molar refractivity (Wildman–Crippen MR) is 195 cm³/mol. The molecular formula is C41H60O9Si. The van der Waals surface area contributed by atoms with E-state index in [0.29, 0.717) is 52.1 Å². The molecule has 0 aromatic heterocycles. The number of ether oxygens (including phenoxy) is 6. The molecule has 0 aliphatic carbocycles. The number of rotatable bonds is 8. The molecule has 0 spiro atoms. The van der Waals surface area contributed by atoms with Crippen molar-refractivity contribution in [3.05, 3.63) is 71.8 Å². The van der Waals surface area contributed by atoms with E-state index in [0.717, 1.165) is 11.1 Å². The molecule has 9 nitrogen and oxygen atoms in total. The Kier molecular flexibility index (Phi) is 10.5. The summed E-state index contributed by atoms with van der Waals surface area (Å²) in [6.07, 6.45) is -0.771. The summed E-state index contributed by atoms with van der Waals surface area (Å²) >= 11 is 0. The highest BCUT2D eigenvalue weighted by molar-refractivity contribution is 6.73. The lowest BCUT2D eigenvalue weighted by Crippen LogP contribution is -2.76. The summed E-state index contributed by atoms with van der Waals surface area (Å²) in [6.45, 7) is 19.5. The molecule has 5 heterocycles. The fraction of sp³-hybridized carbons (Fsp3) is 0.707. The first-order valence-corrected chi connectivity index (χ1v) is 20.9. The zero-order valence-corrected chi connectivity index (χ0v) is 32.8. The normalized spacial score (nSPS) is 39.3. The van der Waals surface area contributed by atoms with Crippen molar-refractivity contribution in [1.82, 2.24) is 0 Å². The second-order valence-corrected chi connectivity index (χ2v) is 22.7. The molecule has 0 unspecified atom stereocenters. The van der Waals surface area contributed by atoms with E-state index in [2.05, 4.69) is 72.7 Å². The van der Waals surface area contributed by atoms with E-state index >= 15 is 0 Å². The molecule has 0 saturated carbocycles. The van der Waals surface area contributed by atoms with Crippen LogP contribution in [0.4, 0.5) is 0 Å². The van der Waals surface area contributed by atoms with Gasteiger partial charge in [0.2, 0.25) is 0 Å². The Balaban J connectivity index is 1.06. The summed E-state index contributed by atoms with van der Waals surface area (Å²) in [5.74, 6) is 0. The number of aliphatic hydroxyl groups is 1. The van der Waals surface area contributed by atoms with Crippen molar-refractivity contribution < 1.29 is 42.4 Å². The van der Waals surface area contributed by atoms with Crippen molar-refractivity contribution in [3.63, 3.8) is 0 Å². The van der Waals surface area contributed by atoms with E-state index in [4.69, 9.17) is 37.3 Å². The maximum Gasteiger partial charge on any atom is 0.349 e. The first-order valence-electron chi connectivity index (χ1n) is 19.1. The molecule has 0 amide bonds. The van der Waals surface area contributed by atoms with Crippen LogP contribution in [0.1, 0.15) is 92.2 Å². The van der Waals surface area contributed by atoms with Gasteiger partial charge in [0.05, 0.1) is 62.0 Å². The average Bonchev–Trinajstić information content (AvgIpc) is 3.08. The lowest BCUT2D eigenvalue weighted by molar-refractivity contribution is -0.375. The highest BCUT2D eigenvalue weighted by Crippen LogP contribution is 2.57. The molecule has 10 heteroatoms. The van der Waals surface area contributed by atoms with Crippen LogP contribution in [-0.4, -0.2) is 93.0 Å². The monoisotopic (exact) mass is 724 g/mol. The summed E-state index contributed by atoms with van der Waals surface area (Å²) in [5, 5.41) is 11.8. The summed E-state index contributed by atoms with van der Waals surface area (Å²) in [4.78, 5) is 0. The highest BCUT2D eigenvalue weighted by Gasteiger charge is 2.67. The maximum absolute atomic E-state index is 12.1. The molecular weight excluding hydrogens is 665 g/mol. The Hall–Kier alpha value is -1.70. The Morgan fingerprint density at radius 3 is 2.08 bits per heavy atom. The molecule has 7 rings (SSSR count). The molecule has 0 bridgehead atoms. The number of benzene rings is 2. The standard InChI is InChI=1S/C41H60O9Si/c1-38(2,3)51(39(4,5)6)45-26-33-31(50-51)22-35-41(8,49-33)37(42)36-32(46-35)23-40(7)34(47-36)21-30(44-25-28-17-13-10-14-18-28)29(48-40)19-20-43-24-27-15-11-9-12-16-27/h9-18,29-37,42H,19-26H2,1-8H3/t29-,30+,31-,32-,33+,34-,35+,36-,37+,40+,41+/m0/s1. The molecule has 2 aromatic carbocycles. The van der Waals surface area contributed by atoms with Gasteiger partial charge in [0.15, 0.2) is 0 Å². The highest BCUT2D eigenvalue weighted by atomic mass is 28.4. The number of fused-ring (bicyclic) bond motifs is 4. The van der Waals surface area contributed by atoms with E-state index < -0.39 is 32.0 Å². The van der Waals surface area contributed by atoms with Crippen molar-refractivity contribution in [3.8, 4) is 0 Å². The van der Waals surface area contributed by atoms with Crippen molar-refractivity contribution >= 4 is 8.56 Å². The summed E-state index contributed by atoms with van der Waals surface area (Å²) in [7, 11) is -2.70. The van der Waals surface area contributed by atoms with Gasteiger partial charge < -0.3 is 42.4 Å². The molecule has 282 valence electrons. The van der Waals surface area contributed by atoms with E-state index in [1.807, 2.05) is 43.3 Å². The third kappa shape index (κ3) is 7.15. The third-order valence-corrected chi connectivity index (χ3v) is 17.3. The average molecular weight is 725 g/mol. The molecule has 1 N–H and O–H groups in total. The van der Waals surface area contributed by atoms with Crippen molar-refractivity contribution in [2.75, 3.05) is 13.2 Å². The zero-order chi connectivity index (χ0) is 36.2. The van der Waals surface area contributed by atoms with Gasteiger partial charge in [-0.3, -0.25) is 0 Å². The first kappa shape index (κ1) is 37.6. The van der Waals surface area contributed by atoms with E-state index in [1.165, 1.54) is 0 Å². The maximum atomic E-state index is 12.1. The van der Waals surface area contributed by atoms with Crippen molar-refractivity contribution in [2.45, 2.75) is 171 Å². The lowest BCUT2D eigenvalue weighted by atomic mass is 9.73. The van der Waals surface area contributed by atoms with Gasteiger partial charge in [-0.05, 0) is 31.4 Å².